The molecule has 202 valence electrons. The van der Waals surface area contributed by atoms with Crippen molar-refractivity contribution in [3.05, 3.63) is 100 Å². The van der Waals surface area contributed by atoms with Crippen molar-refractivity contribution in [1.29, 1.82) is 0 Å². The number of rotatable bonds is 11. The summed E-state index contributed by atoms with van der Waals surface area (Å²) in [4.78, 5) is 29.2. The van der Waals surface area contributed by atoms with Crippen LogP contribution >= 0.6 is 15.9 Å². The number of carbonyl (C=O) groups is 2. The molecule has 3 aromatic carbocycles. The van der Waals surface area contributed by atoms with Gasteiger partial charge in [0.1, 0.15) is 11.8 Å². The molecular weight excluding hydrogens is 540 g/mol. The summed E-state index contributed by atoms with van der Waals surface area (Å²) in [5.41, 5.74) is 2.81. The van der Waals surface area contributed by atoms with Gasteiger partial charge in [0.15, 0.2) is 6.61 Å². The highest BCUT2D eigenvalue weighted by atomic mass is 79.9. The molecule has 0 fully saturated rings. The maximum Gasteiger partial charge on any atom is 0.261 e. The molecule has 0 aliphatic carbocycles. The molecule has 0 bridgehead atoms. The summed E-state index contributed by atoms with van der Waals surface area (Å²) in [5.74, 6) is 0.273. The van der Waals surface area contributed by atoms with Gasteiger partial charge in [0.2, 0.25) is 5.91 Å². The fourth-order valence-electron chi connectivity index (χ4n) is 4.26. The van der Waals surface area contributed by atoms with Crippen LogP contribution in [0.25, 0.3) is 0 Å². The van der Waals surface area contributed by atoms with E-state index in [9.17, 15) is 9.59 Å². The minimum Gasteiger partial charge on any atom is -0.483 e. The molecule has 6 heteroatoms. The number of para-hydroxylation sites is 1. The number of amides is 2. The third-order valence-electron chi connectivity index (χ3n) is 6.56. The van der Waals surface area contributed by atoms with E-state index in [-0.39, 0.29) is 36.4 Å². The third-order valence-corrected chi connectivity index (χ3v) is 7.05. The van der Waals surface area contributed by atoms with Gasteiger partial charge in [0.25, 0.3) is 5.91 Å². The van der Waals surface area contributed by atoms with Crippen molar-refractivity contribution in [1.82, 2.24) is 10.2 Å². The smallest absolute Gasteiger partial charge is 0.261 e. The van der Waals surface area contributed by atoms with E-state index >= 15 is 0 Å². The lowest BCUT2D eigenvalue weighted by atomic mass is 9.86. The van der Waals surface area contributed by atoms with Gasteiger partial charge in [-0.15, -0.1) is 0 Å². The van der Waals surface area contributed by atoms with E-state index in [0.717, 1.165) is 27.6 Å². The molecule has 0 radical (unpaired) electrons. The Balaban J connectivity index is 1.95. The fraction of sp³-hybridized carbons (Fsp3) is 0.375. The van der Waals surface area contributed by atoms with E-state index in [1.807, 2.05) is 92.7 Å². The minimum atomic E-state index is -0.695. The summed E-state index contributed by atoms with van der Waals surface area (Å²) in [6.07, 6.45) is 1.21. The van der Waals surface area contributed by atoms with Gasteiger partial charge in [0, 0.05) is 23.5 Å². The highest BCUT2D eigenvalue weighted by molar-refractivity contribution is 9.10. The van der Waals surface area contributed by atoms with Crippen molar-refractivity contribution >= 4 is 27.7 Å². The number of hydrogen-bond acceptors (Lipinski definition) is 3. The molecule has 0 saturated carbocycles. The second kappa shape index (κ2) is 13.6. The van der Waals surface area contributed by atoms with Crippen LogP contribution in [0.1, 0.15) is 57.7 Å². The van der Waals surface area contributed by atoms with Crippen molar-refractivity contribution in [3.8, 4) is 5.75 Å². The standard InChI is InChI=1S/C32H39BrN2O3/c1-6-23(2)34-31(37)28(20-24-13-8-7-9-14-24)35(21-25-15-12-16-26(33)19-25)30(36)22-38-29-18-11-10-17-27(29)32(3,4)5/h7-19,23,28H,6,20-22H2,1-5H3,(H,34,37)/t23-,28+/m0/s1. The quantitative estimate of drug-likeness (QED) is 0.276. The van der Waals surface area contributed by atoms with Gasteiger partial charge in [-0.25, -0.2) is 0 Å². The summed E-state index contributed by atoms with van der Waals surface area (Å²) >= 11 is 3.53. The molecule has 0 heterocycles. The lowest BCUT2D eigenvalue weighted by molar-refractivity contribution is -0.143. The van der Waals surface area contributed by atoms with Crippen LogP contribution in [-0.2, 0) is 28.0 Å². The summed E-state index contributed by atoms with van der Waals surface area (Å²) < 4.78 is 7.04. The topological polar surface area (TPSA) is 58.6 Å². The van der Waals surface area contributed by atoms with E-state index in [0.29, 0.717) is 12.2 Å². The Hall–Kier alpha value is -3.12. The van der Waals surface area contributed by atoms with E-state index < -0.39 is 6.04 Å². The van der Waals surface area contributed by atoms with Crippen molar-refractivity contribution in [3.63, 3.8) is 0 Å². The zero-order chi connectivity index (χ0) is 27.7. The van der Waals surface area contributed by atoms with Crippen LogP contribution in [0.2, 0.25) is 0 Å². The molecule has 38 heavy (non-hydrogen) atoms. The summed E-state index contributed by atoms with van der Waals surface area (Å²) in [6.45, 7) is 10.5. The van der Waals surface area contributed by atoms with Crippen molar-refractivity contribution in [2.45, 2.75) is 71.5 Å². The largest absolute Gasteiger partial charge is 0.483 e. The Morgan fingerprint density at radius 3 is 2.26 bits per heavy atom. The van der Waals surface area contributed by atoms with Crippen LogP contribution in [0.15, 0.2) is 83.3 Å². The SMILES string of the molecule is CC[C@H](C)NC(=O)[C@@H](Cc1ccccc1)N(Cc1cccc(Br)c1)C(=O)COc1ccccc1C(C)(C)C. The number of carbonyl (C=O) groups excluding carboxylic acids is 2. The third kappa shape index (κ3) is 8.45. The molecule has 2 amide bonds. The van der Waals surface area contributed by atoms with Gasteiger partial charge in [-0.1, -0.05) is 104 Å². The van der Waals surface area contributed by atoms with Crippen LogP contribution in [0, 0.1) is 0 Å². The van der Waals surface area contributed by atoms with E-state index in [1.165, 1.54) is 0 Å². The van der Waals surface area contributed by atoms with E-state index in [2.05, 4.69) is 42.0 Å². The Morgan fingerprint density at radius 1 is 0.947 bits per heavy atom. The van der Waals surface area contributed by atoms with Crippen LogP contribution in [0.4, 0.5) is 0 Å². The Labute approximate surface area is 235 Å². The first-order chi connectivity index (χ1) is 18.1. The predicted octanol–water partition coefficient (Wildman–Crippen LogP) is 6.68. The molecule has 0 unspecified atom stereocenters. The molecule has 0 aromatic heterocycles. The zero-order valence-corrected chi connectivity index (χ0v) is 24.6. The summed E-state index contributed by atoms with van der Waals surface area (Å²) in [5, 5.41) is 3.10. The van der Waals surface area contributed by atoms with Crippen LogP contribution in [-0.4, -0.2) is 35.4 Å². The summed E-state index contributed by atoms with van der Waals surface area (Å²) in [6, 6.07) is 24.7. The minimum absolute atomic E-state index is 0.00138. The molecule has 2 atom stereocenters. The Morgan fingerprint density at radius 2 is 1.61 bits per heavy atom. The molecule has 5 nitrogen and oxygen atoms in total. The van der Waals surface area contributed by atoms with Gasteiger partial charge >= 0.3 is 0 Å². The Kier molecular flexibility index (Phi) is 10.5. The highest BCUT2D eigenvalue weighted by Crippen LogP contribution is 2.31. The molecule has 0 saturated heterocycles. The maximum atomic E-state index is 13.9. The molecule has 0 aliphatic heterocycles. The first-order valence-electron chi connectivity index (χ1n) is 13.2. The second-order valence-electron chi connectivity index (χ2n) is 10.7. The van der Waals surface area contributed by atoms with Gasteiger partial charge < -0.3 is 15.0 Å². The van der Waals surface area contributed by atoms with Crippen LogP contribution in [0.3, 0.4) is 0 Å². The number of nitrogens with zero attached hydrogens (tertiary/aromatic N) is 1. The number of hydrogen-bond donors (Lipinski definition) is 1. The maximum absolute atomic E-state index is 13.9. The van der Waals surface area contributed by atoms with Gasteiger partial charge in [-0.2, -0.15) is 0 Å². The predicted molar refractivity (Wildman–Crippen MR) is 157 cm³/mol. The number of halogens is 1. The van der Waals surface area contributed by atoms with E-state index in [1.54, 1.807) is 4.90 Å². The average molecular weight is 580 g/mol. The Bertz CT molecular complexity index is 1210. The lowest BCUT2D eigenvalue weighted by Gasteiger charge is -2.32. The van der Waals surface area contributed by atoms with Crippen molar-refractivity contribution < 1.29 is 14.3 Å². The second-order valence-corrected chi connectivity index (χ2v) is 11.6. The molecule has 0 spiro atoms. The normalized spacial score (nSPS) is 12.9. The first kappa shape index (κ1) is 29.4. The average Bonchev–Trinajstić information content (AvgIpc) is 2.89. The molecule has 1 N–H and O–H groups in total. The first-order valence-corrected chi connectivity index (χ1v) is 14.0. The van der Waals surface area contributed by atoms with Crippen LogP contribution in [0.5, 0.6) is 5.75 Å². The van der Waals surface area contributed by atoms with Gasteiger partial charge in [-0.05, 0) is 53.6 Å². The zero-order valence-electron chi connectivity index (χ0n) is 23.0. The molecule has 3 aromatic rings. The molecule has 0 aliphatic rings. The molecular formula is C32H39BrN2O3. The molecule has 3 rings (SSSR count). The van der Waals surface area contributed by atoms with Crippen molar-refractivity contribution in [2.24, 2.45) is 0 Å². The van der Waals surface area contributed by atoms with Gasteiger partial charge in [-0.3, -0.25) is 9.59 Å². The fourth-order valence-corrected chi connectivity index (χ4v) is 4.71. The highest BCUT2D eigenvalue weighted by Gasteiger charge is 2.31. The van der Waals surface area contributed by atoms with Crippen LogP contribution < -0.4 is 10.1 Å². The number of ether oxygens (including phenoxy) is 1. The number of benzene rings is 3. The monoisotopic (exact) mass is 578 g/mol. The van der Waals surface area contributed by atoms with Crippen molar-refractivity contribution in [2.75, 3.05) is 6.61 Å². The summed E-state index contributed by atoms with van der Waals surface area (Å²) in [7, 11) is 0. The van der Waals surface area contributed by atoms with Gasteiger partial charge in [0.05, 0.1) is 0 Å². The number of nitrogens with one attached hydrogen (secondary N) is 1. The van der Waals surface area contributed by atoms with E-state index in [4.69, 9.17) is 4.74 Å². The lowest BCUT2D eigenvalue weighted by Crippen LogP contribution is -2.53.